The molecule has 0 N–H and O–H groups in total. The summed E-state index contributed by atoms with van der Waals surface area (Å²) in [5.74, 6) is 1.46. The second-order valence-electron chi connectivity index (χ2n) is 4.38. The van der Waals surface area contributed by atoms with E-state index in [0.29, 0.717) is 26.2 Å². The summed E-state index contributed by atoms with van der Waals surface area (Å²) in [6, 6.07) is 7.47. The van der Waals surface area contributed by atoms with E-state index in [9.17, 15) is 4.79 Å². The lowest BCUT2D eigenvalue weighted by atomic mass is 10.3. The number of esters is 1. The van der Waals surface area contributed by atoms with Gasteiger partial charge in [0.2, 0.25) is 0 Å². The Bertz CT molecular complexity index is 391. The standard InChI is InChI=1S/C15H23NO4/c1-4-19-15(17)9-10-16(2)11-12-20-14-7-5-13(18-3)6-8-14/h5-8H,4,9-12H2,1-3H3. The number of nitrogens with zero attached hydrogens (tertiary/aromatic N) is 1. The highest BCUT2D eigenvalue weighted by Gasteiger charge is 2.05. The van der Waals surface area contributed by atoms with E-state index in [1.807, 2.05) is 43.1 Å². The van der Waals surface area contributed by atoms with Crippen molar-refractivity contribution in [1.82, 2.24) is 4.90 Å². The van der Waals surface area contributed by atoms with Crippen LogP contribution in [-0.2, 0) is 9.53 Å². The highest BCUT2D eigenvalue weighted by molar-refractivity contribution is 5.69. The number of hydrogen-bond acceptors (Lipinski definition) is 5. The van der Waals surface area contributed by atoms with Crippen LogP contribution in [0.3, 0.4) is 0 Å². The van der Waals surface area contributed by atoms with Crippen LogP contribution in [0.2, 0.25) is 0 Å². The van der Waals surface area contributed by atoms with Crippen molar-refractivity contribution in [2.45, 2.75) is 13.3 Å². The third-order valence-corrected chi connectivity index (χ3v) is 2.80. The summed E-state index contributed by atoms with van der Waals surface area (Å²) in [4.78, 5) is 13.3. The van der Waals surface area contributed by atoms with E-state index in [2.05, 4.69) is 0 Å². The Labute approximate surface area is 120 Å². The van der Waals surface area contributed by atoms with Crippen LogP contribution in [0.5, 0.6) is 11.5 Å². The molecule has 5 heteroatoms. The van der Waals surface area contributed by atoms with Crippen molar-refractivity contribution in [3.63, 3.8) is 0 Å². The lowest BCUT2D eigenvalue weighted by Gasteiger charge is -2.16. The van der Waals surface area contributed by atoms with Gasteiger partial charge < -0.3 is 19.1 Å². The molecule has 20 heavy (non-hydrogen) atoms. The summed E-state index contributed by atoms with van der Waals surface area (Å²) >= 11 is 0. The highest BCUT2D eigenvalue weighted by Crippen LogP contribution is 2.16. The number of benzene rings is 1. The van der Waals surface area contributed by atoms with E-state index in [1.54, 1.807) is 7.11 Å². The van der Waals surface area contributed by atoms with Crippen LogP contribution in [-0.4, -0.2) is 51.3 Å². The Hall–Kier alpha value is -1.75. The lowest BCUT2D eigenvalue weighted by molar-refractivity contribution is -0.143. The van der Waals surface area contributed by atoms with Gasteiger partial charge in [-0.05, 0) is 38.2 Å². The smallest absolute Gasteiger partial charge is 0.307 e. The molecule has 0 unspecified atom stereocenters. The first kappa shape index (κ1) is 16.3. The molecule has 0 spiro atoms. The van der Waals surface area contributed by atoms with Gasteiger partial charge in [0, 0.05) is 13.1 Å². The molecule has 112 valence electrons. The summed E-state index contributed by atoms with van der Waals surface area (Å²) in [6.07, 6.45) is 0.410. The fourth-order valence-electron chi connectivity index (χ4n) is 1.62. The lowest BCUT2D eigenvalue weighted by Crippen LogP contribution is -2.27. The van der Waals surface area contributed by atoms with Crippen LogP contribution in [0.25, 0.3) is 0 Å². The third kappa shape index (κ3) is 6.43. The predicted octanol–water partition coefficient (Wildman–Crippen LogP) is 1.96. The van der Waals surface area contributed by atoms with Gasteiger partial charge in [0.05, 0.1) is 20.1 Å². The van der Waals surface area contributed by atoms with Crippen molar-refractivity contribution < 1.29 is 19.0 Å². The van der Waals surface area contributed by atoms with Gasteiger partial charge in [0.25, 0.3) is 0 Å². The summed E-state index contributed by atoms with van der Waals surface area (Å²) in [5, 5.41) is 0. The normalized spacial score (nSPS) is 10.4. The maximum absolute atomic E-state index is 11.2. The van der Waals surface area contributed by atoms with Crippen LogP contribution in [0, 0.1) is 0 Å². The molecule has 0 amide bonds. The van der Waals surface area contributed by atoms with E-state index >= 15 is 0 Å². The van der Waals surface area contributed by atoms with Gasteiger partial charge in [-0.25, -0.2) is 0 Å². The largest absolute Gasteiger partial charge is 0.497 e. The van der Waals surface area contributed by atoms with Crippen LogP contribution in [0.1, 0.15) is 13.3 Å². The summed E-state index contributed by atoms with van der Waals surface area (Å²) in [6.45, 7) is 4.25. The second-order valence-corrected chi connectivity index (χ2v) is 4.38. The van der Waals surface area contributed by atoms with Gasteiger partial charge in [0.1, 0.15) is 18.1 Å². The van der Waals surface area contributed by atoms with Gasteiger partial charge in [-0.15, -0.1) is 0 Å². The molecule has 0 aliphatic carbocycles. The van der Waals surface area contributed by atoms with E-state index in [-0.39, 0.29) is 5.97 Å². The molecular weight excluding hydrogens is 258 g/mol. The van der Waals surface area contributed by atoms with Gasteiger partial charge in [-0.3, -0.25) is 4.79 Å². The Balaban J connectivity index is 2.17. The van der Waals surface area contributed by atoms with E-state index in [4.69, 9.17) is 14.2 Å². The fourth-order valence-corrected chi connectivity index (χ4v) is 1.62. The second kappa shape index (κ2) is 9.20. The zero-order valence-electron chi connectivity index (χ0n) is 12.4. The van der Waals surface area contributed by atoms with Crippen LogP contribution >= 0.6 is 0 Å². The Morgan fingerprint density at radius 2 is 1.80 bits per heavy atom. The molecule has 0 saturated heterocycles. The van der Waals surface area contributed by atoms with Gasteiger partial charge in [-0.1, -0.05) is 0 Å². The van der Waals surface area contributed by atoms with Gasteiger partial charge in [-0.2, -0.15) is 0 Å². The Morgan fingerprint density at radius 1 is 1.15 bits per heavy atom. The van der Waals surface area contributed by atoms with Crippen molar-refractivity contribution >= 4 is 5.97 Å². The first-order chi connectivity index (χ1) is 9.65. The molecule has 0 bridgehead atoms. The van der Waals surface area contributed by atoms with E-state index < -0.39 is 0 Å². The fraction of sp³-hybridized carbons (Fsp3) is 0.533. The topological polar surface area (TPSA) is 48.0 Å². The average molecular weight is 281 g/mol. The molecular formula is C15H23NO4. The number of hydrogen-bond donors (Lipinski definition) is 0. The molecule has 5 nitrogen and oxygen atoms in total. The first-order valence-corrected chi connectivity index (χ1v) is 6.76. The van der Waals surface area contributed by atoms with Crippen molar-refractivity contribution in [2.75, 3.05) is 40.5 Å². The Kier molecular flexibility index (Phi) is 7.50. The van der Waals surface area contributed by atoms with Crippen molar-refractivity contribution in [3.05, 3.63) is 24.3 Å². The summed E-state index contributed by atoms with van der Waals surface area (Å²) < 4.78 is 15.6. The highest BCUT2D eigenvalue weighted by atomic mass is 16.5. The minimum atomic E-state index is -0.157. The number of rotatable bonds is 9. The molecule has 0 atom stereocenters. The van der Waals surface area contributed by atoms with Crippen molar-refractivity contribution in [3.8, 4) is 11.5 Å². The van der Waals surface area contributed by atoms with E-state index in [0.717, 1.165) is 18.0 Å². The number of ether oxygens (including phenoxy) is 3. The molecule has 0 aliphatic rings. The average Bonchev–Trinajstić information content (AvgIpc) is 2.46. The quantitative estimate of drug-likeness (QED) is 0.648. The third-order valence-electron chi connectivity index (χ3n) is 2.80. The maximum atomic E-state index is 11.2. The predicted molar refractivity (Wildman–Crippen MR) is 77.2 cm³/mol. The number of carbonyl (C=O) groups excluding carboxylic acids is 1. The summed E-state index contributed by atoms with van der Waals surface area (Å²) in [7, 11) is 3.59. The molecule has 0 radical (unpaired) electrons. The van der Waals surface area contributed by atoms with Crippen LogP contribution < -0.4 is 9.47 Å². The van der Waals surface area contributed by atoms with Crippen LogP contribution in [0.4, 0.5) is 0 Å². The number of likely N-dealkylation sites (N-methyl/N-ethyl adjacent to an activating group) is 1. The van der Waals surface area contributed by atoms with Gasteiger partial charge in [0.15, 0.2) is 0 Å². The molecule has 0 aromatic heterocycles. The molecule has 0 aliphatic heterocycles. The zero-order valence-corrected chi connectivity index (χ0v) is 12.4. The minimum Gasteiger partial charge on any atom is -0.497 e. The number of carbonyl (C=O) groups is 1. The molecule has 1 aromatic carbocycles. The summed E-state index contributed by atoms with van der Waals surface area (Å²) in [5.41, 5.74) is 0. The molecule has 0 fully saturated rings. The van der Waals surface area contributed by atoms with Crippen molar-refractivity contribution in [2.24, 2.45) is 0 Å². The zero-order chi connectivity index (χ0) is 14.8. The van der Waals surface area contributed by atoms with E-state index in [1.165, 1.54) is 0 Å². The van der Waals surface area contributed by atoms with Gasteiger partial charge >= 0.3 is 5.97 Å². The molecule has 1 aromatic rings. The minimum absolute atomic E-state index is 0.157. The Morgan fingerprint density at radius 3 is 2.40 bits per heavy atom. The number of methoxy groups -OCH3 is 1. The molecule has 0 heterocycles. The molecule has 1 rings (SSSR count). The maximum Gasteiger partial charge on any atom is 0.307 e. The monoisotopic (exact) mass is 281 g/mol. The first-order valence-electron chi connectivity index (χ1n) is 6.76. The van der Waals surface area contributed by atoms with Crippen molar-refractivity contribution in [1.29, 1.82) is 0 Å². The van der Waals surface area contributed by atoms with Crippen LogP contribution in [0.15, 0.2) is 24.3 Å². The molecule has 0 saturated carbocycles. The SMILES string of the molecule is CCOC(=O)CCN(C)CCOc1ccc(OC)cc1.